The van der Waals surface area contributed by atoms with Crippen molar-refractivity contribution in [2.75, 3.05) is 0 Å². The monoisotopic (exact) mass is 162 g/mol. The summed E-state index contributed by atoms with van der Waals surface area (Å²) < 4.78 is 2.08. The molecule has 2 aromatic heterocycles. The minimum atomic E-state index is 0.250. The van der Waals surface area contributed by atoms with Crippen molar-refractivity contribution < 1.29 is 4.79 Å². The number of hydrogen-bond acceptors (Lipinski definition) is 1. The first-order valence-electron chi connectivity index (χ1n) is 3.55. The zero-order chi connectivity index (χ0) is 8.81. The third-order valence-corrected chi connectivity index (χ3v) is 1.44. The maximum atomic E-state index is 8.58. The van der Waals surface area contributed by atoms with E-state index >= 15 is 0 Å². The third-order valence-electron chi connectivity index (χ3n) is 1.44. The SMILES string of the molecule is NC=O.c1ccn2cccc2c1. The summed E-state index contributed by atoms with van der Waals surface area (Å²) in [7, 11) is 0. The highest BCUT2D eigenvalue weighted by Crippen LogP contribution is 2.01. The number of amides is 1. The van der Waals surface area contributed by atoms with E-state index in [4.69, 9.17) is 4.79 Å². The van der Waals surface area contributed by atoms with Crippen LogP contribution >= 0.6 is 0 Å². The molecule has 2 rings (SSSR count). The topological polar surface area (TPSA) is 47.5 Å². The molecule has 2 aromatic rings. The minimum absolute atomic E-state index is 0.250. The summed E-state index contributed by atoms with van der Waals surface area (Å²) in [5, 5.41) is 0. The molecule has 1 amide bonds. The summed E-state index contributed by atoms with van der Waals surface area (Å²) in [6.45, 7) is 0. The molecule has 2 N–H and O–H groups in total. The molecule has 2 heterocycles. The van der Waals surface area contributed by atoms with Crippen LogP contribution in [0.1, 0.15) is 0 Å². The van der Waals surface area contributed by atoms with E-state index in [0.29, 0.717) is 0 Å². The lowest BCUT2D eigenvalue weighted by Crippen LogP contribution is -1.82. The Kier molecular flexibility index (Phi) is 2.90. The summed E-state index contributed by atoms with van der Waals surface area (Å²) in [5.74, 6) is 0. The molecule has 0 aliphatic heterocycles. The van der Waals surface area contributed by atoms with Gasteiger partial charge in [-0.25, -0.2) is 0 Å². The first-order valence-corrected chi connectivity index (χ1v) is 3.55. The number of carbonyl (C=O) groups is 1. The van der Waals surface area contributed by atoms with Crippen molar-refractivity contribution in [1.82, 2.24) is 4.40 Å². The largest absolute Gasteiger partial charge is 0.372 e. The van der Waals surface area contributed by atoms with Crippen molar-refractivity contribution in [3.05, 3.63) is 42.7 Å². The predicted molar refractivity (Wildman–Crippen MR) is 47.6 cm³/mol. The van der Waals surface area contributed by atoms with Crippen molar-refractivity contribution in [2.45, 2.75) is 0 Å². The van der Waals surface area contributed by atoms with Crippen molar-refractivity contribution >= 4 is 11.9 Å². The van der Waals surface area contributed by atoms with Crippen LogP contribution in [-0.2, 0) is 4.79 Å². The van der Waals surface area contributed by atoms with E-state index in [1.165, 1.54) is 5.52 Å². The second kappa shape index (κ2) is 4.18. The van der Waals surface area contributed by atoms with E-state index in [1.54, 1.807) is 0 Å². The third kappa shape index (κ3) is 1.85. The highest BCUT2D eigenvalue weighted by molar-refractivity contribution is 5.46. The second-order valence-corrected chi connectivity index (χ2v) is 2.18. The fourth-order valence-electron chi connectivity index (χ4n) is 0.980. The molecule has 0 spiro atoms. The van der Waals surface area contributed by atoms with Gasteiger partial charge in [0.15, 0.2) is 0 Å². The number of hydrogen-bond donors (Lipinski definition) is 1. The summed E-state index contributed by atoms with van der Waals surface area (Å²) >= 11 is 0. The first-order chi connectivity index (χ1) is 5.88. The van der Waals surface area contributed by atoms with E-state index < -0.39 is 0 Å². The molecule has 0 aromatic carbocycles. The van der Waals surface area contributed by atoms with Crippen LogP contribution in [0.3, 0.4) is 0 Å². The van der Waals surface area contributed by atoms with Gasteiger partial charge in [-0.1, -0.05) is 6.07 Å². The summed E-state index contributed by atoms with van der Waals surface area (Å²) in [5.41, 5.74) is 5.41. The molecule has 0 radical (unpaired) electrons. The Labute approximate surface area is 70.4 Å². The molecule has 0 atom stereocenters. The minimum Gasteiger partial charge on any atom is -0.372 e. The van der Waals surface area contributed by atoms with Gasteiger partial charge in [0.1, 0.15) is 0 Å². The van der Waals surface area contributed by atoms with Crippen LogP contribution in [0.25, 0.3) is 5.52 Å². The van der Waals surface area contributed by atoms with Crippen LogP contribution in [-0.4, -0.2) is 10.8 Å². The maximum Gasteiger partial charge on any atom is 0.204 e. The number of rotatable bonds is 0. The van der Waals surface area contributed by atoms with Gasteiger partial charge < -0.3 is 10.1 Å². The lowest BCUT2D eigenvalue weighted by atomic mass is 10.4. The highest BCUT2D eigenvalue weighted by Gasteiger charge is 1.83. The average Bonchev–Trinajstić information content (AvgIpc) is 2.52. The molecule has 12 heavy (non-hydrogen) atoms. The fourth-order valence-corrected chi connectivity index (χ4v) is 0.980. The van der Waals surface area contributed by atoms with Crippen LogP contribution in [0.2, 0.25) is 0 Å². The Hall–Kier alpha value is -1.77. The number of fused-ring (bicyclic) bond motifs is 1. The van der Waals surface area contributed by atoms with E-state index in [9.17, 15) is 0 Å². The Bertz CT molecular complexity index is 324. The molecule has 0 saturated heterocycles. The van der Waals surface area contributed by atoms with Crippen molar-refractivity contribution in [2.24, 2.45) is 5.73 Å². The summed E-state index contributed by atoms with van der Waals surface area (Å²) in [4.78, 5) is 8.58. The van der Waals surface area contributed by atoms with Crippen molar-refractivity contribution in [3.63, 3.8) is 0 Å². The van der Waals surface area contributed by atoms with Crippen LogP contribution in [0.4, 0.5) is 0 Å². The van der Waals surface area contributed by atoms with Crippen LogP contribution in [0.15, 0.2) is 42.7 Å². The second-order valence-electron chi connectivity index (χ2n) is 2.18. The molecule has 3 heteroatoms. The average molecular weight is 162 g/mol. The molecule has 0 saturated carbocycles. The highest BCUT2D eigenvalue weighted by atomic mass is 16.1. The van der Waals surface area contributed by atoms with Crippen molar-refractivity contribution in [1.29, 1.82) is 0 Å². The van der Waals surface area contributed by atoms with Crippen LogP contribution < -0.4 is 5.73 Å². The molecule has 0 bridgehead atoms. The smallest absolute Gasteiger partial charge is 0.204 e. The lowest BCUT2D eigenvalue weighted by Gasteiger charge is -1.88. The lowest BCUT2D eigenvalue weighted by molar-refractivity contribution is -0.106. The molecule has 62 valence electrons. The van der Waals surface area contributed by atoms with E-state index in [1.807, 2.05) is 30.6 Å². The number of aromatic nitrogens is 1. The van der Waals surface area contributed by atoms with Gasteiger partial charge in [-0.2, -0.15) is 0 Å². The molecule has 0 aliphatic carbocycles. The Morgan fingerprint density at radius 3 is 2.42 bits per heavy atom. The first kappa shape index (κ1) is 8.33. The number of pyridine rings is 1. The number of carbonyl (C=O) groups excluding carboxylic acids is 1. The summed E-state index contributed by atoms with van der Waals surface area (Å²) in [6.07, 6.45) is 4.32. The van der Waals surface area contributed by atoms with E-state index in [0.717, 1.165) is 0 Å². The Morgan fingerprint density at radius 1 is 1.17 bits per heavy atom. The number of nitrogens with two attached hydrogens (primary N) is 1. The molecule has 3 nitrogen and oxygen atoms in total. The molecular weight excluding hydrogens is 152 g/mol. The Balaban J connectivity index is 0.000000213. The number of nitrogens with zero attached hydrogens (tertiary/aromatic N) is 1. The van der Waals surface area contributed by atoms with Crippen LogP contribution in [0.5, 0.6) is 0 Å². The maximum absolute atomic E-state index is 8.58. The van der Waals surface area contributed by atoms with Gasteiger partial charge in [0.2, 0.25) is 6.41 Å². The Morgan fingerprint density at radius 2 is 1.75 bits per heavy atom. The fraction of sp³-hybridized carbons (Fsp3) is 0. The zero-order valence-corrected chi connectivity index (χ0v) is 6.55. The molecule has 0 fully saturated rings. The van der Waals surface area contributed by atoms with Crippen molar-refractivity contribution in [3.8, 4) is 0 Å². The normalized spacial score (nSPS) is 8.67. The standard InChI is InChI=1S/C8H7N.CH3NO/c1-2-6-9-7-3-5-8(9)4-1;2-1-3/h1-7H;1H,(H2,2,3). The van der Waals surface area contributed by atoms with E-state index in [-0.39, 0.29) is 6.41 Å². The molecule has 0 unspecified atom stereocenters. The van der Waals surface area contributed by atoms with Gasteiger partial charge in [-0.15, -0.1) is 0 Å². The molecule has 0 aliphatic rings. The number of primary amides is 1. The molecular formula is C9H10N2O. The summed E-state index contributed by atoms with van der Waals surface area (Å²) in [6, 6.07) is 10.3. The predicted octanol–water partition coefficient (Wildman–Crippen LogP) is 1.04. The van der Waals surface area contributed by atoms with Gasteiger partial charge in [-0.05, 0) is 24.3 Å². The van der Waals surface area contributed by atoms with Gasteiger partial charge in [0, 0.05) is 17.9 Å². The van der Waals surface area contributed by atoms with Gasteiger partial charge in [0.05, 0.1) is 0 Å². The van der Waals surface area contributed by atoms with E-state index in [2.05, 4.69) is 22.3 Å². The van der Waals surface area contributed by atoms with Crippen LogP contribution in [0, 0.1) is 0 Å². The van der Waals surface area contributed by atoms with Gasteiger partial charge in [-0.3, -0.25) is 4.79 Å². The quantitative estimate of drug-likeness (QED) is 0.578. The van der Waals surface area contributed by atoms with Gasteiger partial charge >= 0.3 is 0 Å². The van der Waals surface area contributed by atoms with Gasteiger partial charge in [0.25, 0.3) is 0 Å². The zero-order valence-electron chi connectivity index (χ0n) is 6.55.